The Morgan fingerprint density at radius 1 is 1.50 bits per heavy atom. The molecule has 0 radical (unpaired) electrons. The standard InChI is InChI=1S/C10H9BrFNO/c11-9-4-1-6(12)5-8(9)10(14)13-7-2-3-7/h1,4-5,7H,2-3H2,(H,13,14). The van der Waals surface area contributed by atoms with Crippen molar-refractivity contribution in [2.45, 2.75) is 18.9 Å². The number of halogens is 2. The molecule has 1 amide bonds. The molecule has 0 saturated heterocycles. The van der Waals surface area contributed by atoms with Gasteiger partial charge in [-0.05, 0) is 47.0 Å². The van der Waals surface area contributed by atoms with Crippen LogP contribution in [-0.2, 0) is 0 Å². The van der Waals surface area contributed by atoms with E-state index >= 15 is 0 Å². The van der Waals surface area contributed by atoms with Gasteiger partial charge in [-0.3, -0.25) is 4.79 Å². The lowest BCUT2D eigenvalue weighted by molar-refractivity contribution is 0.0950. The minimum Gasteiger partial charge on any atom is -0.349 e. The van der Waals surface area contributed by atoms with Gasteiger partial charge in [-0.2, -0.15) is 0 Å². The van der Waals surface area contributed by atoms with E-state index in [-0.39, 0.29) is 11.9 Å². The van der Waals surface area contributed by atoms with Crippen LogP contribution in [0.25, 0.3) is 0 Å². The van der Waals surface area contributed by atoms with Crippen LogP contribution in [0.3, 0.4) is 0 Å². The highest BCUT2D eigenvalue weighted by molar-refractivity contribution is 9.10. The number of amides is 1. The molecule has 4 heteroatoms. The van der Waals surface area contributed by atoms with Crippen LogP contribution in [0, 0.1) is 5.82 Å². The van der Waals surface area contributed by atoms with E-state index in [1.807, 2.05) is 0 Å². The number of hydrogen-bond acceptors (Lipinski definition) is 1. The molecule has 1 aromatic rings. The molecular formula is C10H9BrFNO. The molecule has 1 aromatic carbocycles. The predicted molar refractivity (Wildman–Crippen MR) is 54.6 cm³/mol. The summed E-state index contributed by atoms with van der Waals surface area (Å²) >= 11 is 3.21. The van der Waals surface area contributed by atoms with Crippen molar-refractivity contribution in [2.24, 2.45) is 0 Å². The lowest BCUT2D eigenvalue weighted by Crippen LogP contribution is -2.25. The molecule has 14 heavy (non-hydrogen) atoms. The van der Waals surface area contributed by atoms with E-state index in [9.17, 15) is 9.18 Å². The quantitative estimate of drug-likeness (QED) is 0.867. The Labute approximate surface area is 89.6 Å². The topological polar surface area (TPSA) is 29.1 Å². The van der Waals surface area contributed by atoms with E-state index in [4.69, 9.17) is 0 Å². The summed E-state index contributed by atoms with van der Waals surface area (Å²) in [6.45, 7) is 0. The van der Waals surface area contributed by atoms with Gasteiger partial charge in [-0.15, -0.1) is 0 Å². The SMILES string of the molecule is O=C(NC1CC1)c1cc(F)ccc1Br. The third-order valence-electron chi connectivity index (χ3n) is 2.09. The number of benzene rings is 1. The summed E-state index contributed by atoms with van der Waals surface area (Å²) in [5.41, 5.74) is 0.358. The molecule has 1 saturated carbocycles. The van der Waals surface area contributed by atoms with Crippen molar-refractivity contribution < 1.29 is 9.18 Å². The van der Waals surface area contributed by atoms with E-state index in [2.05, 4.69) is 21.2 Å². The normalized spacial score (nSPS) is 15.3. The zero-order valence-corrected chi connectivity index (χ0v) is 8.97. The van der Waals surface area contributed by atoms with Crippen LogP contribution < -0.4 is 5.32 Å². The molecule has 1 aliphatic rings. The molecule has 0 heterocycles. The lowest BCUT2D eigenvalue weighted by Gasteiger charge is -2.05. The highest BCUT2D eigenvalue weighted by Gasteiger charge is 2.24. The largest absolute Gasteiger partial charge is 0.349 e. The zero-order chi connectivity index (χ0) is 10.1. The summed E-state index contributed by atoms with van der Waals surface area (Å²) in [5.74, 6) is -0.604. The maximum Gasteiger partial charge on any atom is 0.252 e. The molecule has 1 N–H and O–H groups in total. The van der Waals surface area contributed by atoms with Crippen molar-refractivity contribution in [1.29, 1.82) is 0 Å². The second-order valence-electron chi connectivity index (χ2n) is 3.37. The predicted octanol–water partition coefficient (Wildman–Crippen LogP) is 2.48. The van der Waals surface area contributed by atoms with E-state index in [0.717, 1.165) is 12.8 Å². The molecule has 0 aromatic heterocycles. The Balaban J connectivity index is 2.20. The Hall–Kier alpha value is -0.900. The summed E-state index contributed by atoms with van der Waals surface area (Å²) in [6.07, 6.45) is 2.05. The van der Waals surface area contributed by atoms with Crippen molar-refractivity contribution in [2.75, 3.05) is 0 Å². The minimum absolute atomic E-state index is 0.209. The van der Waals surface area contributed by atoms with E-state index in [1.54, 1.807) is 0 Å². The molecule has 74 valence electrons. The Morgan fingerprint density at radius 2 is 2.21 bits per heavy atom. The van der Waals surface area contributed by atoms with Crippen molar-refractivity contribution >= 4 is 21.8 Å². The van der Waals surface area contributed by atoms with E-state index in [1.165, 1.54) is 18.2 Å². The molecule has 0 aliphatic heterocycles. The smallest absolute Gasteiger partial charge is 0.252 e. The van der Waals surface area contributed by atoms with Crippen LogP contribution in [-0.4, -0.2) is 11.9 Å². The fourth-order valence-corrected chi connectivity index (χ4v) is 1.59. The van der Waals surface area contributed by atoms with Crippen LogP contribution in [0.4, 0.5) is 4.39 Å². The number of carbonyl (C=O) groups excluding carboxylic acids is 1. The second kappa shape index (κ2) is 3.69. The van der Waals surface area contributed by atoms with Crippen molar-refractivity contribution in [1.82, 2.24) is 5.32 Å². The van der Waals surface area contributed by atoms with Gasteiger partial charge >= 0.3 is 0 Å². The first-order chi connectivity index (χ1) is 6.66. The number of nitrogens with one attached hydrogen (secondary N) is 1. The summed E-state index contributed by atoms with van der Waals surface area (Å²) in [5, 5.41) is 2.80. The molecule has 0 spiro atoms. The average Bonchev–Trinajstić information content (AvgIpc) is 2.93. The van der Waals surface area contributed by atoms with Gasteiger partial charge in [-0.1, -0.05) is 0 Å². The van der Waals surface area contributed by atoms with E-state index < -0.39 is 5.82 Å². The van der Waals surface area contributed by atoms with Gasteiger partial charge < -0.3 is 5.32 Å². The summed E-state index contributed by atoms with van der Waals surface area (Å²) < 4.78 is 13.5. The van der Waals surface area contributed by atoms with Crippen LogP contribution in [0.2, 0.25) is 0 Å². The number of carbonyl (C=O) groups is 1. The maximum atomic E-state index is 12.9. The third kappa shape index (κ3) is 2.12. The molecule has 2 rings (SSSR count). The van der Waals surface area contributed by atoms with Gasteiger partial charge in [0.25, 0.3) is 5.91 Å². The van der Waals surface area contributed by atoms with Gasteiger partial charge in [0.2, 0.25) is 0 Å². The van der Waals surface area contributed by atoms with Crippen LogP contribution in [0.1, 0.15) is 23.2 Å². The Morgan fingerprint density at radius 3 is 2.86 bits per heavy atom. The van der Waals surface area contributed by atoms with Gasteiger partial charge in [-0.25, -0.2) is 4.39 Å². The van der Waals surface area contributed by atoms with Gasteiger partial charge in [0, 0.05) is 10.5 Å². The minimum atomic E-state index is -0.394. The molecule has 1 aliphatic carbocycles. The first kappa shape index (κ1) is 9.65. The third-order valence-corrected chi connectivity index (χ3v) is 2.78. The van der Waals surface area contributed by atoms with Gasteiger partial charge in [0.1, 0.15) is 5.82 Å². The number of hydrogen-bond donors (Lipinski definition) is 1. The highest BCUT2D eigenvalue weighted by atomic mass is 79.9. The Bertz CT molecular complexity index is 376. The first-order valence-electron chi connectivity index (χ1n) is 4.43. The monoisotopic (exact) mass is 257 g/mol. The highest BCUT2D eigenvalue weighted by Crippen LogP contribution is 2.22. The average molecular weight is 258 g/mol. The molecule has 0 unspecified atom stereocenters. The van der Waals surface area contributed by atoms with Crippen molar-refractivity contribution in [3.05, 3.63) is 34.1 Å². The molecule has 1 fully saturated rings. The molecular weight excluding hydrogens is 249 g/mol. The van der Waals surface area contributed by atoms with Crippen molar-refractivity contribution in [3.63, 3.8) is 0 Å². The van der Waals surface area contributed by atoms with Crippen molar-refractivity contribution in [3.8, 4) is 0 Å². The molecule has 2 nitrogen and oxygen atoms in total. The van der Waals surface area contributed by atoms with Crippen LogP contribution >= 0.6 is 15.9 Å². The van der Waals surface area contributed by atoms with Crippen LogP contribution in [0.5, 0.6) is 0 Å². The molecule has 0 atom stereocenters. The number of rotatable bonds is 2. The maximum absolute atomic E-state index is 12.9. The van der Waals surface area contributed by atoms with Crippen LogP contribution in [0.15, 0.2) is 22.7 Å². The Kier molecular flexibility index (Phi) is 2.54. The summed E-state index contributed by atoms with van der Waals surface area (Å²) in [6, 6.07) is 4.38. The zero-order valence-electron chi connectivity index (χ0n) is 7.39. The fraction of sp³-hybridized carbons (Fsp3) is 0.300. The van der Waals surface area contributed by atoms with E-state index in [0.29, 0.717) is 10.0 Å². The lowest BCUT2D eigenvalue weighted by atomic mass is 10.2. The van der Waals surface area contributed by atoms with Gasteiger partial charge in [0.05, 0.1) is 5.56 Å². The first-order valence-corrected chi connectivity index (χ1v) is 5.22. The second-order valence-corrected chi connectivity index (χ2v) is 4.23. The molecule has 0 bridgehead atoms. The van der Waals surface area contributed by atoms with Gasteiger partial charge in [0.15, 0.2) is 0 Å². The summed E-state index contributed by atoms with van der Waals surface area (Å²) in [4.78, 5) is 11.6. The summed E-state index contributed by atoms with van der Waals surface area (Å²) in [7, 11) is 0. The fourth-order valence-electron chi connectivity index (χ4n) is 1.16.